The molecule has 1 aromatic heterocycles. The number of amides is 2. The van der Waals surface area contributed by atoms with Crippen molar-refractivity contribution in [3.8, 4) is 0 Å². The second kappa shape index (κ2) is 10.4. The Morgan fingerprint density at radius 2 is 1.61 bits per heavy atom. The largest absolute Gasteiger partial charge is 0.353 e. The van der Waals surface area contributed by atoms with Crippen LogP contribution in [0.25, 0.3) is 11.0 Å². The number of aromatic nitrogens is 2. The first-order valence-corrected chi connectivity index (χ1v) is 11.6. The van der Waals surface area contributed by atoms with Crippen LogP contribution in [0, 0.1) is 23.3 Å². The fourth-order valence-electron chi connectivity index (χ4n) is 4.05. The fourth-order valence-corrected chi connectivity index (χ4v) is 4.05. The lowest BCUT2D eigenvalue weighted by Gasteiger charge is -2.28. The van der Waals surface area contributed by atoms with Crippen LogP contribution in [0.5, 0.6) is 0 Å². The minimum Gasteiger partial charge on any atom is -0.353 e. The Morgan fingerprint density at radius 1 is 0.842 bits per heavy atom. The summed E-state index contributed by atoms with van der Waals surface area (Å²) in [6.07, 6.45) is 1.63. The Bertz CT molecular complexity index is 1560. The first-order chi connectivity index (χ1) is 18.3. The zero-order valence-corrected chi connectivity index (χ0v) is 19.7. The molecule has 1 saturated heterocycles. The summed E-state index contributed by atoms with van der Waals surface area (Å²) in [4.78, 5) is 36.4. The van der Waals surface area contributed by atoms with Gasteiger partial charge in [0, 0.05) is 43.5 Å². The predicted molar refractivity (Wildman–Crippen MR) is 133 cm³/mol. The van der Waals surface area contributed by atoms with E-state index in [1.165, 1.54) is 18.2 Å². The van der Waals surface area contributed by atoms with Gasteiger partial charge in [-0.05, 0) is 42.5 Å². The van der Waals surface area contributed by atoms with Crippen molar-refractivity contribution in [1.29, 1.82) is 0 Å². The van der Waals surface area contributed by atoms with Gasteiger partial charge < -0.3 is 20.9 Å². The number of rotatable bonds is 5. The lowest BCUT2D eigenvalue weighted by Crippen LogP contribution is -2.43. The van der Waals surface area contributed by atoms with Crippen LogP contribution in [0.4, 0.5) is 39.5 Å². The maximum atomic E-state index is 15.3. The molecule has 0 saturated carbocycles. The molecule has 0 atom stereocenters. The van der Waals surface area contributed by atoms with Crippen LogP contribution < -0.4 is 20.9 Å². The van der Waals surface area contributed by atoms with E-state index >= 15 is 4.39 Å². The molecule has 194 valence electrons. The highest BCUT2D eigenvalue weighted by Crippen LogP contribution is 2.26. The Hall–Kier alpha value is -4.58. The number of anilines is 3. The number of ketones is 1. The van der Waals surface area contributed by atoms with E-state index in [0.717, 1.165) is 56.5 Å². The normalized spacial score (nSPS) is 13.4. The van der Waals surface area contributed by atoms with Gasteiger partial charge >= 0.3 is 6.03 Å². The van der Waals surface area contributed by atoms with Gasteiger partial charge in [-0.15, -0.1) is 0 Å². The van der Waals surface area contributed by atoms with E-state index in [4.69, 9.17) is 0 Å². The third-order valence-corrected chi connectivity index (χ3v) is 5.98. The zero-order valence-electron chi connectivity index (χ0n) is 19.7. The third kappa shape index (κ3) is 5.11. The van der Waals surface area contributed by atoms with Crippen LogP contribution in [-0.4, -0.2) is 48.0 Å². The van der Waals surface area contributed by atoms with E-state index in [2.05, 4.69) is 25.9 Å². The van der Waals surface area contributed by atoms with E-state index in [0.29, 0.717) is 16.9 Å². The van der Waals surface area contributed by atoms with Gasteiger partial charge in [0.15, 0.2) is 23.2 Å². The molecule has 38 heavy (non-hydrogen) atoms. The molecule has 5 rings (SSSR count). The van der Waals surface area contributed by atoms with Crippen LogP contribution in [0.1, 0.15) is 15.9 Å². The summed E-state index contributed by atoms with van der Waals surface area (Å²) >= 11 is 0. The molecule has 3 aromatic carbocycles. The molecule has 3 N–H and O–H groups in total. The number of fused-ring (bicyclic) bond motifs is 1. The van der Waals surface area contributed by atoms with Gasteiger partial charge in [0.05, 0.1) is 28.5 Å². The number of hydrogen-bond donors (Lipinski definition) is 3. The second-order valence-electron chi connectivity index (χ2n) is 8.49. The number of halogens is 4. The molecule has 2 amide bonds. The highest BCUT2D eigenvalue weighted by molar-refractivity contribution is 6.11. The summed E-state index contributed by atoms with van der Waals surface area (Å²) < 4.78 is 56.4. The van der Waals surface area contributed by atoms with Crippen LogP contribution in [-0.2, 0) is 0 Å². The molecule has 1 fully saturated rings. The van der Waals surface area contributed by atoms with E-state index in [1.54, 1.807) is 6.20 Å². The average molecular weight is 524 g/mol. The van der Waals surface area contributed by atoms with E-state index in [1.807, 2.05) is 4.90 Å². The molecule has 0 unspecified atom stereocenters. The number of carbonyl (C=O) groups is 2. The van der Waals surface area contributed by atoms with Gasteiger partial charge in [-0.2, -0.15) is 0 Å². The molecule has 12 heteroatoms. The smallest absolute Gasteiger partial charge is 0.323 e. The monoisotopic (exact) mass is 524 g/mol. The van der Waals surface area contributed by atoms with Crippen LogP contribution in [0.3, 0.4) is 0 Å². The molecule has 0 aliphatic carbocycles. The van der Waals surface area contributed by atoms with Crippen LogP contribution >= 0.6 is 0 Å². The Kier molecular flexibility index (Phi) is 6.88. The van der Waals surface area contributed by atoms with Crippen LogP contribution in [0.2, 0.25) is 0 Å². The number of nitrogens with zero attached hydrogens (tertiary/aromatic N) is 3. The van der Waals surface area contributed by atoms with Gasteiger partial charge in [0.2, 0.25) is 0 Å². The summed E-state index contributed by atoms with van der Waals surface area (Å²) in [6, 6.07) is 7.74. The van der Waals surface area contributed by atoms with Gasteiger partial charge in [0.1, 0.15) is 11.6 Å². The topological polar surface area (TPSA) is 99.2 Å². The average Bonchev–Trinajstić information content (AvgIpc) is 2.92. The molecule has 4 aromatic rings. The van der Waals surface area contributed by atoms with E-state index in [-0.39, 0.29) is 11.3 Å². The summed E-state index contributed by atoms with van der Waals surface area (Å²) in [5.41, 5.74) is -0.598. The van der Waals surface area contributed by atoms with Gasteiger partial charge in [-0.3, -0.25) is 9.78 Å². The lowest BCUT2D eigenvalue weighted by molar-refractivity contribution is 0.103. The summed E-state index contributed by atoms with van der Waals surface area (Å²) in [6.45, 7) is 3.05. The Labute approximate surface area is 213 Å². The highest BCUT2D eigenvalue weighted by atomic mass is 19.2. The van der Waals surface area contributed by atoms with Crippen molar-refractivity contribution >= 4 is 40.0 Å². The molecule has 0 bridgehead atoms. The quantitative estimate of drug-likeness (QED) is 0.263. The Balaban J connectivity index is 1.40. The molecule has 0 spiro atoms. The summed E-state index contributed by atoms with van der Waals surface area (Å²) in [5.74, 6) is -5.05. The van der Waals surface area contributed by atoms with E-state index < -0.39 is 46.3 Å². The number of benzene rings is 3. The predicted octanol–water partition coefficient (Wildman–Crippen LogP) is 4.47. The Morgan fingerprint density at radius 3 is 2.37 bits per heavy atom. The number of piperazine rings is 1. The number of carbonyl (C=O) groups excluding carboxylic acids is 2. The number of hydrogen-bond acceptors (Lipinski definition) is 6. The second-order valence-corrected chi connectivity index (χ2v) is 8.49. The molecule has 1 aliphatic rings. The van der Waals surface area contributed by atoms with Crippen molar-refractivity contribution in [3.05, 3.63) is 89.1 Å². The SMILES string of the molecule is O=C(Nc1ccc(F)c(F)c1)Nc1ccc(F)c(C(=O)c2ccc3ncc(N4CCNCC4)nc3c2)c1F. The first kappa shape index (κ1) is 25.1. The number of nitrogens with one attached hydrogen (secondary N) is 3. The minimum absolute atomic E-state index is 0.0227. The highest BCUT2D eigenvalue weighted by Gasteiger charge is 2.23. The summed E-state index contributed by atoms with van der Waals surface area (Å²) in [7, 11) is 0. The lowest BCUT2D eigenvalue weighted by atomic mass is 10.0. The maximum Gasteiger partial charge on any atom is 0.323 e. The molecule has 1 aliphatic heterocycles. The van der Waals surface area contributed by atoms with E-state index in [9.17, 15) is 22.8 Å². The van der Waals surface area contributed by atoms with Crippen molar-refractivity contribution in [2.24, 2.45) is 0 Å². The molecular weight excluding hydrogens is 504 g/mol. The van der Waals surface area contributed by atoms with Gasteiger partial charge in [-0.25, -0.2) is 27.3 Å². The van der Waals surface area contributed by atoms with Crippen molar-refractivity contribution in [3.63, 3.8) is 0 Å². The van der Waals surface area contributed by atoms with Crippen molar-refractivity contribution in [1.82, 2.24) is 15.3 Å². The maximum absolute atomic E-state index is 15.3. The molecule has 8 nitrogen and oxygen atoms in total. The van der Waals surface area contributed by atoms with Gasteiger partial charge in [0.25, 0.3) is 0 Å². The van der Waals surface area contributed by atoms with Crippen molar-refractivity contribution in [2.45, 2.75) is 0 Å². The first-order valence-electron chi connectivity index (χ1n) is 11.6. The molecule has 0 radical (unpaired) electrons. The van der Waals surface area contributed by atoms with Crippen molar-refractivity contribution < 1.29 is 27.2 Å². The standard InChI is InChI=1S/C26H20F4N6O2/c27-16-3-2-15(12-18(16)29)33-26(38)35-20-6-4-17(28)23(24(20)30)25(37)14-1-5-19-21(11-14)34-22(13-32-19)36-9-7-31-8-10-36/h1-6,11-13,31H,7-10H2,(H2,33,35,38). The fraction of sp³-hybridized carbons (Fsp3) is 0.154. The van der Waals surface area contributed by atoms with Crippen LogP contribution in [0.15, 0.2) is 54.7 Å². The number of urea groups is 1. The molecular formula is C26H20F4N6O2. The summed E-state index contributed by atoms with van der Waals surface area (Å²) in [5, 5.41) is 7.60. The van der Waals surface area contributed by atoms with Crippen molar-refractivity contribution in [2.75, 3.05) is 41.7 Å². The molecule has 2 heterocycles. The zero-order chi connectivity index (χ0) is 26.8. The third-order valence-electron chi connectivity index (χ3n) is 5.98. The van der Waals surface area contributed by atoms with Gasteiger partial charge in [-0.1, -0.05) is 0 Å². The minimum atomic E-state index is -1.30.